The number of alkyl halides is 3. The van der Waals surface area contributed by atoms with Crippen LogP contribution in [0.1, 0.15) is 43.6 Å². The molecule has 0 spiro atoms. The maximum atomic E-state index is 13.0. The Labute approximate surface area is 209 Å². The highest BCUT2D eigenvalue weighted by Gasteiger charge is 2.30. The average molecular weight is 494 g/mol. The first-order valence-electron chi connectivity index (χ1n) is 12.2. The summed E-state index contributed by atoms with van der Waals surface area (Å²) in [7, 11) is 0. The molecule has 0 amide bonds. The molecule has 0 saturated carbocycles. The van der Waals surface area contributed by atoms with Gasteiger partial charge in [-0.3, -0.25) is 9.88 Å². The molecule has 0 aliphatic heterocycles. The van der Waals surface area contributed by atoms with Crippen molar-refractivity contribution in [3.63, 3.8) is 0 Å². The maximum absolute atomic E-state index is 13.0. The summed E-state index contributed by atoms with van der Waals surface area (Å²) < 4.78 is 39.0. The van der Waals surface area contributed by atoms with Crippen molar-refractivity contribution in [1.82, 2.24) is 19.9 Å². The zero-order chi connectivity index (χ0) is 25.7. The fraction of sp³-hybridized carbons (Fsp3) is 0.321. The van der Waals surface area contributed by atoms with Gasteiger partial charge in [0.1, 0.15) is 11.6 Å². The van der Waals surface area contributed by atoms with Crippen molar-refractivity contribution in [2.75, 3.05) is 18.4 Å². The second-order valence-corrected chi connectivity index (χ2v) is 8.87. The van der Waals surface area contributed by atoms with Crippen LogP contribution in [0.15, 0.2) is 60.8 Å². The molecular formula is C28H30F3N5. The first kappa shape index (κ1) is 25.6. The van der Waals surface area contributed by atoms with E-state index in [2.05, 4.69) is 29.0 Å². The molecule has 1 N–H and O–H groups in total. The Hall–Kier alpha value is -3.52. The summed E-state index contributed by atoms with van der Waals surface area (Å²) in [4.78, 5) is 16.5. The monoisotopic (exact) mass is 493 g/mol. The number of aryl methyl sites for hydroxylation is 1. The molecule has 0 saturated heterocycles. The molecule has 0 unspecified atom stereocenters. The number of nitrogens with one attached hydrogen (secondary N) is 1. The van der Waals surface area contributed by atoms with Gasteiger partial charge in [0.05, 0.1) is 23.3 Å². The Bertz CT molecular complexity index is 1310. The summed E-state index contributed by atoms with van der Waals surface area (Å²) in [5, 5.41) is 4.01. The number of aromatic nitrogens is 3. The molecular weight excluding hydrogens is 463 g/mol. The molecule has 2 aromatic heterocycles. The Morgan fingerprint density at radius 3 is 2.28 bits per heavy atom. The third-order valence-corrected chi connectivity index (χ3v) is 5.95. The summed E-state index contributed by atoms with van der Waals surface area (Å²) in [6.07, 6.45) is -0.571. The molecule has 188 valence electrons. The molecule has 0 aliphatic carbocycles. The van der Waals surface area contributed by atoms with Crippen molar-refractivity contribution in [3.05, 3.63) is 77.7 Å². The predicted molar refractivity (Wildman–Crippen MR) is 138 cm³/mol. The molecule has 8 heteroatoms. The summed E-state index contributed by atoms with van der Waals surface area (Å²) in [6.45, 7) is 8.76. The molecule has 2 heterocycles. The molecule has 0 fully saturated rings. The van der Waals surface area contributed by atoms with E-state index in [1.54, 1.807) is 6.20 Å². The van der Waals surface area contributed by atoms with Gasteiger partial charge in [-0.05, 0) is 80.9 Å². The number of pyridine rings is 1. The topological polar surface area (TPSA) is 53.9 Å². The third-order valence-electron chi connectivity index (χ3n) is 5.95. The van der Waals surface area contributed by atoms with E-state index in [9.17, 15) is 13.2 Å². The SMILES string of the molecule is CCCN(CCC)Cc1nc(Nc2ccc(C(F)(F)F)cc2)c2ccc(-c3ncccc3C)cc2n1. The van der Waals surface area contributed by atoms with Crippen LogP contribution in [0.2, 0.25) is 0 Å². The van der Waals surface area contributed by atoms with Crippen molar-refractivity contribution < 1.29 is 13.2 Å². The minimum atomic E-state index is -4.38. The Morgan fingerprint density at radius 2 is 1.64 bits per heavy atom. The van der Waals surface area contributed by atoms with Crippen LogP contribution in [0.5, 0.6) is 0 Å². The van der Waals surface area contributed by atoms with Crippen LogP contribution in [-0.4, -0.2) is 32.9 Å². The van der Waals surface area contributed by atoms with Gasteiger partial charge in [0, 0.05) is 22.8 Å². The number of rotatable bonds is 9. The van der Waals surface area contributed by atoms with Gasteiger partial charge in [0.25, 0.3) is 0 Å². The van der Waals surface area contributed by atoms with Gasteiger partial charge in [-0.15, -0.1) is 0 Å². The van der Waals surface area contributed by atoms with Crippen molar-refractivity contribution in [3.8, 4) is 11.3 Å². The molecule has 0 bridgehead atoms. The quantitative estimate of drug-likeness (QED) is 0.264. The fourth-order valence-corrected chi connectivity index (χ4v) is 4.26. The van der Waals surface area contributed by atoms with Gasteiger partial charge < -0.3 is 5.32 Å². The molecule has 0 atom stereocenters. The number of hydrogen-bond donors (Lipinski definition) is 1. The van der Waals surface area contributed by atoms with E-state index in [-0.39, 0.29) is 0 Å². The van der Waals surface area contributed by atoms with E-state index >= 15 is 0 Å². The van der Waals surface area contributed by atoms with E-state index in [1.165, 1.54) is 12.1 Å². The van der Waals surface area contributed by atoms with Crippen molar-refractivity contribution >= 4 is 22.4 Å². The van der Waals surface area contributed by atoms with Gasteiger partial charge >= 0.3 is 6.18 Å². The van der Waals surface area contributed by atoms with Crippen molar-refractivity contribution in [2.24, 2.45) is 0 Å². The fourth-order valence-electron chi connectivity index (χ4n) is 4.26. The number of anilines is 2. The molecule has 4 aromatic rings. The van der Waals surface area contributed by atoms with Gasteiger partial charge in [0.2, 0.25) is 0 Å². The van der Waals surface area contributed by atoms with Crippen LogP contribution in [0.4, 0.5) is 24.7 Å². The second-order valence-electron chi connectivity index (χ2n) is 8.87. The van der Waals surface area contributed by atoms with Crippen LogP contribution >= 0.6 is 0 Å². The van der Waals surface area contributed by atoms with Crippen LogP contribution in [0.3, 0.4) is 0 Å². The number of nitrogens with zero attached hydrogens (tertiary/aromatic N) is 4. The van der Waals surface area contributed by atoms with E-state index in [4.69, 9.17) is 9.97 Å². The van der Waals surface area contributed by atoms with Crippen molar-refractivity contribution in [2.45, 2.75) is 46.3 Å². The Balaban J connectivity index is 1.76. The van der Waals surface area contributed by atoms with Crippen molar-refractivity contribution in [1.29, 1.82) is 0 Å². The minimum Gasteiger partial charge on any atom is -0.340 e. The zero-order valence-corrected chi connectivity index (χ0v) is 20.7. The third kappa shape index (κ3) is 5.99. The Kier molecular flexibility index (Phi) is 7.84. The van der Waals surface area contributed by atoms with E-state index in [0.29, 0.717) is 23.9 Å². The highest BCUT2D eigenvalue weighted by atomic mass is 19.4. The summed E-state index contributed by atoms with van der Waals surface area (Å²) >= 11 is 0. The van der Waals surface area contributed by atoms with Gasteiger partial charge in [0.15, 0.2) is 0 Å². The van der Waals surface area contributed by atoms with Crippen LogP contribution in [0.25, 0.3) is 22.2 Å². The lowest BCUT2D eigenvalue weighted by atomic mass is 10.0. The highest BCUT2D eigenvalue weighted by Crippen LogP contribution is 2.32. The molecule has 2 aromatic carbocycles. The van der Waals surface area contributed by atoms with Gasteiger partial charge in [-0.2, -0.15) is 13.2 Å². The summed E-state index contributed by atoms with van der Waals surface area (Å²) in [5.74, 6) is 1.22. The smallest absolute Gasteiger partial charge is 0.340 e. The molecule has 4 rings (SSSR count). The summed E-state index contributed by atoms with van der Waals surface area (Å²) in [6, 6.07) is 14.8. The van der Waals surface area contributed by atoms with Gasteiger partial charge in [-0.1, -0.05) is 26.0 Å². The van der Waals surface area contributed by atoms with E-state index in [1.807, 2.05) is 37.3 Å². The Morgan fingerprint density at radius 1 is 0.917 bits per heavy atom. The normalized spacial score (nSPS) is 11.9. The average Bonchev–Trinajstić information content (AvgIpc) is 2.84. The zero-order valence-electron chi connectivity index (χ0n) is 20.7. The maximum Gasteiger partial charge on any atom is 0.416 e. The van der Waals surface area contributed by atoms with E-state index in [0.717, 1.165) is 65.8 Å². The second kappa shape index (κ2) is 11.0. The lowest BCUT2D eigenvalue weighted by Crippen LogP contribution is -2.26. The molecule has 0 aliphatic rings. The molecule has 5 nitrogen and oxygen atoms in total. The standard InChI is InChI=1S/C28H30F3N5/c1-4-15-36(16-5-2)18-25-34-24-17-20(26-19(3)7-6-14-32-26)8-13-23(24)27(35-25)33-22-11-9-21(10-12-22)28(29,30)31/h6-14,17H,4-5,15-16,18H2,1-3H3,(H,33,34,35). The first-order valence-corrected chi connectivity index (χ1v) is 12.2. The lowest BCUT2D eigenvalue weighted by molar-refractivity contribution is -0.137. The number of hydrogen-bond acceptors (Lipinski definition) is 5. The minimum absolute atomic E-state index is 0.526. The molecule has 0 radical (unpaired) electrons. The predicted octanol–water partition coefficient (Wildman–Crippen LogP) is 7.38. The number of fused-ring (bicyclic) bond motifs is 1. The first-order chi connectivity index (χ1) is 17.3. The van der Waals surface area contributed by atoms with Crippen LogP contribution < -0.4 is 5.32 Å². The number of benzene rings is 2. The van der Waals surface area contributed by atoms with Crippen LogP contribution in [0, 0.1) is 6.92 Å². The van der Waals surface area contributed by atoms with E-state index < -0.39 is 11.7 Å². The largest absolute Gasteiger partial charge is 0.416 e. The van der Waals surface area contributed by atoms with Crippen LogP contribution in [-0.2, 0) is 12.7 Å². The lowest BCUT2D eigenvalue weighted by Gasteiger charge is -2.21. The van der Waals surface area contributed by atoms with Gasteiger partial charge in [-0.25, -0.2) is 9.97 Å². The number of halogens is 3. The molecule has 36 heavy (non-hydrogen) atoms. The summed E-state index contributed by atoms with van der Waals surface area (Å²) in [5.41, 5.74) is 3.49. The highest BCUT2D eigenvalue weighted by molar-refractivity contribution is 5.93.